The van der Waals surface area contributed by atoms with Gasteiger partial charge in [-0.05, 0) is 49.9 Å². The van der Waals surface area contributed by atoms with E-state index >= 15 is 0 Å². The van der Waals surface area contributed by atoms with Gasteiger partial charge >= 0.3 is 0 Å². The molecule has 0 spiro atoms. The number of hydrazine groups is 1. The minimum Gasteiger partial charge on any atom is -0.273 e. The number of carbonyl (C=O) groups excluding carboxylic acids is 2. The lowest BCUT2D eigenvalue weighted by Crippen LogP contribution is -2.45. The Labute approximate surface area is 154 Å². The third-order valence-corrected chi connectivity index (χ3v) is 6.40. The van der Waals surface area contributed by atoms with Crippen molar-refractivity contribution >= 4 is 27.5 Å². The van der Waals surface area contributed by atoms with Crippen molar-refractivity contribution in [3.8, 4) is 0 Å². The average Bonchev–Trinajstić information content (AvgIpc) is 2.95. The monoisotopic (exact) mass is 379 g/mol. The van der Waals surface area contributed by atoms with Gasteiger partial charge in [0.25, 0.3) is 5.91 Å². The fourth-order valence-corrected chi connectivity index (χ4v) is 5.17. The highest BCUT2D eigenvalue weighted by atomic mass is 32.2. The predicted molar refractivity (Wildman–Crippen MR) is 99.1 cm³/mol. The Morgan fingerprint density at radius 2 is 1.81 bits per heavy atom. The van der Waals surface area contributed by atoms with Gasteiger partial charge in [0.1, 0.15) is 0 Å². The summed E-state index contributed by atoms with van der Waals surface area (Å²) in [5, 5.41) is 0. The van der Waals surface area contributed by atoms with E-state index in [1.165, 1.54) is 10.6 Å². The van der Waals surface area contributed by atoms with Crippen LogP contribution in [0.15, 0.2) is 18.2 Å². The number of anilines is 1. The first-order valence-corrected chi connectivity index (χ1v) is 10.8. The lowest BCUT2D eigenvalue weighted by atomic mass is 9.89. The second-order valence-electron chi connectivity index (χ2n) is 7.23. The minimum absolute atomic E-state index is 0.0340. The van der Waals surface area contributed by atoms with Crippen LogP contribution in [0.4, 0.5) is 5.69 Å². The molecule has 1 aromatic carbocycles. The van der Waals surface area contributed by atoms with Crippen LogP contribution in [-0.2, 0) is 21.2 Å². The Hall–Kier alpha value is -2.09. The van der Waals surface area contributed by atoms with Crippen molar-refractivity contribution in [2.75, 3.05) is 10.6 Å². The Morgan fingerprint density at radius 3 is 2.46 bits per heavy atom. The van der Waals surface area contributed by atoms with Gasteiger partial charge in [-0.1, -0.05) is 19.3 Å². The summed E-state index contributed by atoms with van der Waals surface area (Å²) in [6.07, 6.45) is 6.71. The molecule has 1 fully saturated rings. The summed E-state index contributed by atoms with van der Waals surface area (Å²) < 4.78 is 25.3. The molecular formula is C18H25N3O4S. The molecule has 142 valence electrons. The quantitative estimate of drug-likeness (QED) is 0.782. The number of hydrogen-bond donors (Lipinski definition) is 2. The van der Waals surface area contributed by atoms with Gasteiger partial charge in [-0.2, -0.15) is 0 Å². The molecule has 0 radical (unpaired) electrons. The summed E-state index contributed by atoms with van der Waals surface area (Å²) in [5.74, 6) is -0.577. The summed E-state index contributed by atoms with van der Waals surface area (Å²) in [6.45, 7) is 1.84. The molecule has 0 aromatic heterocycles. The van der Waals surface area contributed by atoms with Crippen LogP contribution in [-0.4, -0.2) is 32.5 Å². The van der Waals surface area contributed by atoms with Crippen molar-refractivity contribution in [2.24, 2.45) is 5.92 Å². The zero-order valence-corrected chi connectivity index (χ0v) is 15.9. The van der Waals surface area contributed by atoms with Crippen LogP contribution in [0.25, 0.3) is 0 Å². The van der Waals surface area contributed by atoms with Gasteiger partial charge in [0.05, 0.1) is 11.9 Å². The summed E-state index contributed by atoms with van der Waals surface area (Å²) in [5.41, 5.74) is 6.81. The second kappa shape index (κ2) is 7.26. The standard InChI is InChI=1S/C18H25N3O4S/c1-12-10-15-11-14(8-9-16(15)21(12)26(2,24)25)18(23)20-19-17(22)13-6-4-3-5-7-13/h8-9,11-13H,3-7,10H2,1-2H3,(H,19,22)(H,20,23)/t12-/m0/s1. The minimum atomic E-state index is -3.36. The topological polar surface area (TPSA) is 95.6 Å². The van der Waals surface area contributed by atoms with E-state index in [4.69, 9.17) is 0 Å². The first kappa shape index (κ1) is 18.7. The van der Waals surface area contributed by atoms with E-state index in [1.54, 1.807) is 18.2 Å². The zero-order chi connectivity index (χ0) is 18.9. The van der Waals surface area contributed by atoms with Crippen LogP contribution in [0.3, 0.4) is 0 Å². The third kappa shape index (κ3) is 3.85. The first-order chi connectivity index (χ1) is 12.3. The molecule has 7 nitrogen and oxygen atoms in total. The number of sulfonamides is 1. The van der Waals surface area contributed by atoms with Crippen LogP contribution >= 0.6 is 0 Å². The van der Waals surface area contributed by atoms with E-state index < -0.39 is 15.9 Å². The smallest absolute Gasteiger partial charge is 0.269 e. The van der Waals surface area contributed by atoms with Crippen LogP contribution in [0, 0.1) is 5.92 Å². The van der Waals surface area contributed by atoms with Gasteiger partial charge < -0.3 is 0 Å². The molecule has 1 saturated carbocycles. The van der Waals surface area contributed by atoms with E-state index in [2.05, 4.69) is 10.9 Å². The molecule has 2 N–H and O–H groups in total. The Bertz CT molecular complexity index is 816. The van der Waals surface area contributed by atoms with Crippen molar-refractivity contribution in [3.05, 3.63) is 29.3 Å². The predicted octanol–water partition coefficient (Wildman–Crippen LogP) is 1.74. The van der Waals surface area contributed by atoms with E-state index in [9.17, 15) is 18.0 Å². The highest BCUT2D eigenvalue weighted by Crippen LogP contribution is 2.34. The maximum Gasteiger partial charge on any atom is 0.269 e. The molecule has 1 aliphatic carbocycles. The lowest BCUT2D eigenvalue weighted by molar-refractivity contribution is -0.126. The normalized spacial score (nSPS) is 20.5. The largest absolute Gasteiger partial charge is 0.273 e. The highest BCUT2D eigenvalue weighted by Gasteiger charge is 2.32. The Morgan fingerprint density at radius 1 is 1.12 bits per heavy atom. The maximum atomic E-state index is 12.3. The molecule has 0 unspecified atom stereocenters. The van der Waals surface area contributed by atoms with Crippen LogP contribution < -0.4 is 15.2 Å². The van der Waals surface area contributed by atoms with Crippen molar-refractivity contribution in [3.63, 3.8) is 0 Å². The molecular weight excluding hydrogens is 354 g/mol. The van der Waals surface area contributed by atoms with Crippen LogP contribution in [0.2, 0.25) is 0 Å². The fourth-order valence-electron chi connectivity index (χ4n) is 3.91. The fraction of sp³-hybridized carbons (Fsp3) is 0.556. The number of benzene rings is 1. The number of hydrogen-bond acceptors (Lipinski definition) is 4. The Kier molecular flexibility index (Phi) is 5.22. The number of amides is 2. The highest BCUT2D eigenvalue weighted by molar-refractivity contribution is 7.92. The molecule has 1 atom stereocenters. The molecule has 0 bridgehead atoms. The molecule has 3 rings (SSSR count). The maximum absolute atomic E-state index is 12.3. The SMILES string of the molecule is C[C@H]1Cc2cc(C(=O)NNC(=O)C3CCCCC3)ccc2N1S(C)(=O)=O. The Balaban J connectivity index is 1.66. The van der Waals surface area contributed by atoms with E-state index in [1.807, 2.05) is 6.92 Å². The molecule has 2 amide bonds. The molecule has 2 aliphatic rings. The van der Waals surface area contributed by atoms with E-state index in [0.29, 0.717) is 17.7 Å². The van der Waals surface area contributed by atoms with Gasteiger partial charge in [0, 0.05) is 17.5 Å². The summed E-state index contributed by atoms with van der Waals surface area (Å²) in [6, 6.07) is 4.75. The van der Waals surface area contributed by atoms with E-state index in [0.717, 1.165) is 37.7 Å². The summed E-state index contributed by atoms with van der Waals surface area (Å²) in [4.78, 5) is 24.5. The van der Waals surface area contributed by atoms with Crippen molar-refractivity contribution in [1.82, 2.24) is 10.9 Å². The number of nitrogens with zero attached hydrogens (tertiary/aromatic N) is 1. The van der Waals surface area contributed by atoms with Gasteiger partial charge in [0.2, 0.25) is 15.9 Å². The van der Waals surface area contributed by atoms with Crippen LogP contribution in [0.1, 0.15) is 54.9 Å². The summed E-state index contributed by atoms with van der Waals surface area (Å²) >= 11 is 0. The number of carbonyl (C=O) groups is 2. The number of nitrogens with one attached hydrogen (secondary N) is 2. The molecule has 1 aliphatic heterocycles. The van der Waals surface area contributed by atoms with E-state index in [-0.39, 0.29) is 17.9 Å². The van der Waals surface area contributed by atoms with Crippen molar-refractivity contribution in [2.45, 2.75) is 51.5 Å². The van der Waals surface area contributed by atoms with Crippen molar-refractivity contribution in [1.29, 1.82) is 0 Å². The third-order valence-electron chi connectivity index (χ3n) is 5.13. The van der Waals surface area contributed by atoms with Crippen LogP contribution in [0.5, 0.6) is 0 Å². The summed E-state index contributed by atoms with van der Waals surface area (Å²) in [7, 11) is -3.36. The van der Waals surface area contributed by atoms with Crippen molar-refractivity contribution < 1.29 is 18.0 Å². The molecule has 1 heterocycles. The number of fused-ring (bicyclic) bond motifs is 1. The number of rotatable bonds is 3. The van der Waals surface area contributed by atoms with Gasteiger partial charge in [-0.15, -0.1) is 0 Å². The molecule has 26 heavy (non-hydrogen) atoms. The van der Waals surface area contributed by atoms with Gasteiger partial charge in [0.15, 0.2) is 0 Å². The van der Waals surface area contributed by atoms with Gasteiger partial charge in [-0.3, -0.25) is 24.7 Å². The molecule has 1 aromatic rings. The average molecular weight is 379 g/mol. The molecule has 8 heteroatoms. The first-order valence-electron chi connectivity index (χ1n) is 9.00. The lowest BCUT2D eigenvalue weighted by Gasteiger charge is -2.22. The van der Waals surface area contributed by atoms with Gasteiger partial charge in [-0.25, -0.2) is 8.42 Å². The molecule has 0 saturated heterocycles. The second-order valence-corrected chi connectivity index (χ2v) is 9.09. The zero-order valence-electron chi connectivity index (χ0n) is 15.1.